The molecule has 1 aromatic carbocycles. The van der Waals surface area contributed by atoms with Gasteiger partial charge in [-0.05, 0) is 42.1 Å². The molecule has 2 saturated heterocycles. The molecule has 2 fully saturated rings. The fourth-order valence-electron chi connectivity index (χ4n) is 3.53. The van der Waals surface area contributed by atoms with Gasteiger partial charge in [-0.25, -0.2) is 0 Å². The minimum Gasteiger partial charge on any atom is -0.336 e. The van der Waals surface area contributed by atoms with Gasteiger partial charge in [0.05, 0.1) is 4.88 Å². The standard InChI is InChI=1S/C19H19N3O3S/c23-17-8-7-15-12-21(9-10-22(15)17)19(25)13-3-5-14(6-4-13)20-18(24)16-2-1-11-26-16/h1-6,11,15H,7-10,12H2,(H,20,24). The van der Waals surface area contributed by atoms with Gasteiger partial charge in [0.1, 0.15) is 0 Å². The van der Waals surface area contributed by atoms with Crippen LogP contribution < -0.4 is 5.32 Å². The van der Waals surface area contributed by atoms with E-state index in [-0.39, 0.29) is 23.8 Å². The lowest BCUT2D eigenvalue weighted by Gasteiger charge is -2.37. The summed E-state index contributed by atoms with van der Waals surface area (Å²) in [5.41, 5.74) is 1.25. The van der Waals surface area contributed by atoms with Crippen LogP contribution in [0, 0.1) is 0 Å². The molecule has 1 unspecified atom stereocenters. The molecule has 3 heterocycles. The number of carbonyl (C=O) groups excluding carboxylic acids is 3. The summed E-state index contributed by atoms with van der Waals surface area (Å²) >= 11 is 1.38. The van der Waals surface area contributed by atoms with E-state index in [2.05, 4.69) is 5.32 Å². The Kier molecular flexibility index (Phi) is 4.46. The molecule has 1 N–H and O–H groups in total. The van der Waals surface area contributed by atoms with Crippen LogP contribution in [0.4, 0.5) is 5.69 Å². The highest BCUT2D eigenvalue weighted by Crippen LogP contribution is 2.24. The number of hydrogen-bond acceptors (Lipinski definition) is 4. The zero-order valence-corrected chi connectivity index (χ0v) is 15.0. The van der Waals surface area contributed by atoms with Crippen LogP contribution in [0.2, 0.25) is 0 Å². The van der Waals surface area contributed by atoms with Crippen molar-refractivity contribution in [1.29, 1.82) is 0 Å². The van der Waals surface area contributed by atoms with Crippen LogP contribution in [0.15, 0.2) is 41.8 Å². The first kappa shape index (κ1) is 16.8. The summed E-state index contributed by atoms with van der Waals surface area (Å²) in [5.74, 6) is 0.0224. The van der Waals surface area contributed by atoms with Gasteiger partial charge in [-0.2, -0.15) is 0 Å². The Bertz CT molecular complexity index is 832. The molecular formula is C19H19N3O3S. The SMILES string of the molecule is O=C(Nc1ccc(C(=O)N2CCN3C(=O)CCC3C2)cc1)c1cccs1. The number of carbonyl (C=O) groups is 3. The molecule has 0 bridgehead atoms. The molecule has 6 nitrogen and oxygen atoms in total. The molecule has 3 amide bonds. The van der Waals surface area contributed by atoms with E-state index in [4.69, 9.17) is 0 Å². The molecule has 4 rings (SSSR count). The Morgan fingerprint density at radius 3 is 2.65 bits per heavy atom. The quantitative estimate of drug-likeness (QED) is 0.903. The van der Waals surface area contributed by atoms with E-state index in [9.17, 15) is 14.4 Å². The van der Waals surface area contributed by atoms with Crippen molar-refractivity contribution >= 4 is 34.7 Å². The maximum atomic E-state index is 12.7. The third-order valence-electron chi connectivity index (χ3n) is 4.92. The molecule has 2 aromatic rings. The molecule has 2 aliphatic rings. The lowest BCUT2D eigenvalue weighted by atomic mass is 10.1. The van der Waals surface area contributed by atoms with Gasteiger partial charge in [0.2, 0.25) is 5.91 Å². The topological polar surface area (TPSA) is 69.7 Å². The lowest BCUT2D eigenvalue weighted by Crippen LogP contribution is -2.53. The Morgan fingerprint density at radius 1 is 1.12 bits per heavy atom. The number of anilines is 1. The Hall–Kier alpha value is -2.67. The highest BCUT2D eigenvalue weighted by Gasteiger charge is 2.36. The third kappa shape index (κ3) is 3.22. The minimum absolute atomic E-state index is 0.0277. The summed E-state index contributed by atoms with van der Waals surface area (Å²) < 4.78 is 0. The van der Waals surface area contributed by atoms with Gasteiger partial charge in [-0.1, -0.05) is 6.07 Å². The van der Waals surface area contributed by atoms with E-state index in [1.165, 1.54) is 11.3 Å². The first-order valence-electron chi connectivity index (χ1n) is 8.65. The summed E-state index contributed by atoms with van der Waals surface area (Å²) in [6.45, 7) is 1.78. The molecule has 0 saturated carbocycles. The van der Waals surface area contributed by atoms with E-state index in [0.29, 0.717) is 42.2 Å². The van der Waals surface area contributed by atoms with E-state index in [1.54, 1.807) is 30.3 Å². The molecule has 1 atom stereocenters. The van der Waals surface area contributed by atoms with Crippen LogP contribution >= 0.6 is 11.3 Å². The molecule has 2 aliphatic heterocycles. The monoisotopic (exact) mass is 369 g/mol. The predicted octanol–water partition coefficient (Wildman–Crippen LogP) is 2.45. The van der Waals surface area contributed by atoms with Crippen molar-refractivity contribution in [2.24, 2.45) is 0 Å². The lowest BCUT2D eigenvalue weighted by molar-refractivity contribution is -0.130. The fourth-order valence-corrected chi connectivity index (χ4v) is 4.15. The van der Waals surface area contributed by atoms with Crippen LogP contribution in [-0.4, -0.2) is 53.2 Å². The Balaban J connectivity index is 1.39. The number of rotatable bonds is 3. The molecule has 0 aliphatic carbocycles. The second kappa shape index (κ2) is 6.92. The van der Waals surface area contributed by atoms with E-state index in [1.807, 2.05) is 21.2 Å². The number of piperazine rings is 1. The zero-order valence-electron chi connectivity index (χ0n) is 14.2. The largest absolute Gasteiger partial charge is 0.336 e. The van der Waals surface area contributed by atoms with Crippen molar-refractivity contribution in [1.82, 2.24) is 9.80 Å². The fraction of sp³-hybridized carbons (Fsp3) is 0.316. The van der Waals surface area contributed by atoms with Gasteiger partial charge < -0.3 is 15.1 Å². The smallest absolute Gasteiger partial charge is 0.265 e. The van der Waals surface area contributed by atoms with Crippen LogP contribution in [-0.2, 0) is 4.79 Å². The molecule has 1 aromatic heterocycles. The van der Waals surface area contributed by atoms with Crippen molar-refractivity contribution in [2.45, 2.75) is 18.9 Å². The molecule has 0 radical (unpaired) electrons. The first-order chi connectivity index (χ1) is 12.6. The molecule has 134 valence electrons. The number of amides is 3. The van der Waals surface area contributed by atoms with E-state index in [0.717, 1.165) is 6.42 Å². The van der Waals surface area contributed by atoms with Gasteiger partial charge in [-0.15, -0.1) is 11.3 Å². The predicted molar refractivity (Wildman–Crippen MR) is 99.4 cm³/mol. The van der Waals surface area contributed by atoms with Crippen LogP contribution in [0.1, 0.15) is 32.9 Å². The molecule has 0 spiro atoms. The summed E-state index contributed by atoms with van der Waals surface area (Å²) in [4.78, 5) is 40.9. The number of nitrogens with zero attached hydrogens (tertiary/aromatic N) is 2. The van der Waals surface area contributed by atoms with Gasteiger partial charge in [-0.3, -0.25) is 14.4 Å². The molecular weight excluding hydrogens is 350 g/mol. The first-order valence-corrected chi connectivity index (χ1v) is 9.53. The summed E-state index contributed by atoms with van der Waals surface area (Å²) in [6, 6.07) is 10.7. The average molecular weight is 369 g/mol. The number of hydrogen-bond donors (Lipinski definition) is 1. The van der Waals surface area contributed by atoms with Crippen molar-refractivity contribution in [3.63, 3.8) is 0 Å². The van der Waals surface area contributed by atoms with E-state index >= 15 is 0 Å². The average Bonchev–Trinajstić information content (AvgIpc) is 3.32. The highest BCUT2D eigenvalue weighted by molar-refractivity contribution is 7.12. The van der Waals surface area contributed by atoms with Gasteiger partial charge in [0, 0.05) is 43.3 Å². The maximum absolute atomic E-state index is 12.7. The number of fused-ring (bicyclic) bond motifs is 1. The molecule has 7 heteroatoms. The van der Waals surface area contributed by atoms with Crippen LogP contribution in [0.25, 0.3) is 0 Å². The number of nitrogens with one attached hydrogen (secondary N) is 1. The number of thiophene rings is 1. The number of benzene rings is 1. The summed E-state index contributed by atoms with van der Waals surface area (Å²) in [6.07, 6.45) is 1.42. The van der Waals surface area contributed by atoms with E-state index < -0.39 is 0 Å². The van der Waals surface area contributed by atoms with Gasteiger partial charge >= 0.3 is 0 Å². The molecule has 26 heavy (non-hydrogen) atoms. The van der Waals surface area contributed by atoms with Gasteiger partial charge in [0.15, 0.2) is 0 Å². The van der Waals surface area contributed by atoms with Crippen LogP contribution in [0.5, 0.6) is 0 Å². The normalized spacial score (nSPS) is 19.4. The maximum Gasteiger partial charge on any atom is 0.265 e. The Labute approximate surface area is 155 Å². The van der Waals surface area contributed by atoms with Crippen molar-refractivity contribution < 1.29 is 14.4 Å². The second-order valence-electron chi connectivity index (χ2n) is 6.54. The minimum atomic E-state index is -0.152. The van der Waals surface area contributed by atoms with Gasteiger partial charge in [0.25, 0.3) is 11.8 Å². The summed E-state index contributed by atoms with van der Waals surface area (Å²) in [5, 5.41) is 4.68. The van der Waals surface area contributed by atoms with Crippen molar-refractivity contribution in [3.8, 4) is 0 Å². The Morgan fingerprint density at radius 2 is 1.92 bits per heavy atom. The highest BCUT2D eigenvalue weighted by atomic mass is 32.1. The van der Waals surface area contributed by atoms with Crippen molar-refractivity contribution in [2.75, 3.05) is 25.0 Å². The summed E-state index contributed by atoms with van der Waals surface area (Å²) in [7, 11) is 0. The van der Waals surface area contributed by atoms with Crippen LogP contribution in [0.3, 0.4) is 0 Å². The zero-order chi connectivity index (χ0) is 18.1. The third-order valence-corrected chi connectivity index (χ3v) is 5.79. The van der Waals surface area contributed by atoms with Crippen molar-refractivity contribution in [3.05, 3.63) is 52.2 Å². The second-order valence-corrected chi connectivity index (χ2v) is 7.49.